The van der Waals surface area contributed by atoms with Crippen molar-refractivity contribution in [3.05, 3.63) is 70.0 Å². The van der Waals surface area contributed by atoms with Crippen LogP contribution in [0.5, 0.6) is 0 Å². The molecule has 1 atom stereocenters. The Labute approximate surface area is 173 Å². The summed E-state index contributed by atoms with van der Waals surface area (Å²) < 4.78 is 1.57. The van der Waals surface area contributed by atoms with E-state index in [1.54, 1.807) is 34.0 Å². The van der Waals surface area contributed by atoms with Gasteiger partial charge in [0.1, 0.15) is 11.5 Å². The summed E-state index contributed by atoms with van der Waals surface area (Å²) in [4.78, 5) is 23.9. The van der Waals surface area contributed by atoms with Crippen LogP contribution in [0.3, 0.4) is 0 Å². The molecule has 3 heterocycles. The molecule has 1 aromatic carbocycles. The van der Waals surface area contributed by atoms with Crippen molar-refractivity contribution in [3.8, 4) is 5.69 Å². The largest absolute Gasteiger partial charge is 0.327 e. The van der Waals surface area contributed by atoms with E-state index in [1.165, 1.54) is 0 Å². The third-order valence-corrected chi connectivity index (χ3v) is 5.48. The second-order valence-electron chi connectivity index (χ2n) is 6.60. The number of para-hydroxylation sites is 1. The molecular weight excluding hydrogens is 397 g/mol. The average molecular weight is 416 g/mol. The fourth-order valence-corrected chi connectivity index (χ4v) is 4.11. The predicted octanol–water partition coefficient (Wildman–Crippen LogP) is 4.51. The number of aromatic nitrogens is 4. The summed E-state index contributed by atoms with van der Waals surface area (Å²) in [5, 5.41) is 5.38. The number of nitrogens with zero attached hydrogens (tertiary/aromatic N) is 5. The lowest BCUT2D eigenvalue weighted by Crippen LogP contribution is -2.31. The van der Waals surface area contributed by atoms with Crippen LogP contribution >= 0.6 is 23.2 Å². The summed E-state index contributed by atoms with van der Waals surface area (Å²) in [6.07, 6.45) is 4.13. The topological polar surface area (TPSA) is 63.9 Å². The Morgan fingerprint density at radius 3 is 2.64 bits per heavy atom. The zero-order valence-corrected chi connectivity index (χ0v) is 16.9. The molecule has 28 heavy (non-hydrogen) atoms. The minimum absolute atomic E-state index is 0.0605. The maximum atomic E-state index is 13.2. The van der Waals surface area contributed by atoms with Crippen molar-refractivity contribution in [2.45, 2.75) is 32.2 Å². The summed E-state index contributed by atoms with van der Waals surface area (Å²) in [6, 6.07) is 10.9. The molecule has 8 heteroatoms. The monoisotopic (exact) mass is 415 g/mol. The third kappa shape index (κ3) is 3.38. The standard InChI is InChI=1S/C20H19Cl2N5O/c1-2-17-24-19(25-27(17)18-13(21)7-5-8-14(18)22)20(28)26-12-6-10-16(26)15-9-3-4-11-23-15/h3-5,7-9,11,16H,2,6,10,12H2,1H3. The Kier molecular flexibility index (Phi) is 5.33. The van der Waals surface area contributed by atoms with Gasteiger partial charge in [-0.15, -0.1) is 5.10 Å². The van der Waals surface area contributed by atoms with Gasteiger partial charge < -0.3 is 4.90 Å². The zero-order valence-electron chi connectivity index (χ0n) is 15.3. The molecule has 1 fully saturated rings. The van der Waals surface area contributed by atoms with Crippen molar-refractivity contribution in [2.24, 2.45) is 0 Å². The summed E-state index contributed by atoms with van der Waals surface area (Å²) >= 11 is 12.7. The van der Waals surface area contributed by atoms with Crippen LogP contribution in [0.25, 0.3) is 5.69 Å². The molecule has 0 aliphatic carbocycles. The highest BCUT2D eigenvalue weighted by Gasteiger charge is 2.34. The molecule has 0 bridgehead atoms. The maximum absolute atomic E-state index is 13.2. The molecule has 0 saturated carbocycles. The van der Waals surface area contributed by atoms with Gasteiger partial charge in [-0.2, -0.15) is 0 Å². The fourth-order valence-electron chi connectivity index (χ4n) is 3.55. The van der Waals surface area contributed by atoms with E-state index in [1.807, 2.05) is 25.1 Å². The van der Waals surface area contributed by atoms with Crippen molar-refractivity contribution in [2.75, 3.05) is 6.54 Å². The van der Waals surface area contributed by atoms with Gasteiger partial charge in [-0.1, -0.05) is 42.3 Å². The molecule has 2 aromatic heterocycles. The first kappa shape index (κ1) is 18.9. The van der Waals surface area contributed by atoms with E-state index in [0.29, 0.717) is 34.5 Å². The van der Waals surface area contributed by atoms with E-state index in [9.17, 15) is 4.79 Å². The summed E-state index contributed by atoms with van der Waals surface area (Å²) in [5.74, 6) is 0.576. The lowest BCUT2D eigenvalue weighted by atomic mass is 10.1. The SMILES string of the molecule is CCc1nc(C(=O)N2CCCC2c2ccccn2)nn1-c1c(Cl)cccc1Cl. The first-order valence-corrected chi connectivity index (χ1v) is 9.98. The van der Waals surface area contributed by atoms with Crippen LogP contribution in [0, 0.1) is 0 Å². The van der Waals surface area contributed by atoms with Crippen LogP contribution in [0.2, 0.25) is 10.0 Å². The molecule has 144 valence electrons. The van der Waals surface area contributed by atoms with Crippen molar-refractivity contribution in [1.29, 1.82) is 0 Å². The molecule has 3 aromatic rings. The predicted molar refractivity (Wildman–Crippen MR) is 108 cm³/mol. The third-order valence-electron chi connectivity index (χ3n) is 4.87. The lowest BCUT2D eigenvalue weighted by molar-refractivity contribution is 0.0720. The highest BCUT2D eigenvalue weighted by atomic mass is 35.5. The zero-order chi connectivity index (χ0) is 19.7. The number of carbonyl (C=O) groups is 1. The minimum Gasteiger partial charge on any atom is -0.327 e. The van der Waals surface area contributed by atoms with Gasteiger partial charge in [0.2, 0.25) is 5.82 Å². The summed E-state index contributed by atoms with van der Waals surface area (Å²) in [5.41, 5.74) is 1.43. The highest BCUT2D eigenvalue weighted by molar-refractivity contribution is 6.37. The molecule has 0 spiro atoms. The number of hydrogen-bond acceptors (Lipinski definition) is 4. The van der Waals surface area contributed by atoms with Crippen molar-refractivity contribution >= 4 is 29.1 Å². The van der Waals surface area contributed by atoms with Gasteiger partial charge in [0.05, 0.1) is 21.8 Å². The number of pyridine rings is 1. The van der Waals surface area contributed by atoms with Gasteiger partial charge in [-0.3, -0.25) is 9.78 Å². The van der Waals surface area contributed by atoms with E-state index in [-0.39, 0.29) is 17.8 Å². The number of likely N-dealkylation sites (tertiary alicyclic amines) is 1. The molecule has 0 radical (unpaired) electrons. The van der Waals surface area contributed by atoms with E-state index < -0.39 is 0 Å². The van der Waals surface area contributed by atoms with Crippen LogP contribution in [0.4, 0.5) is 0 Å². The molecule has 1 amide bonds. The number of rotatable bonds is 4. The maximum Gasteiger partial charge on any atom is 0.294 e. The van der Waals surface area contributed by atoms with Gasteiger partial charge in [0.15, 0.2) is 0 Å². The van der Waals surface area contributed by atoms with Crippen LogP contribution in [-0.4, -0.2) is 37.1 Å². The van der Waals surface area contributed by atoms with Crippen LogP contribution in [0.15, 0.2) is 42.6 Å². The number of halogens is 2. The molecule has 6 nitrogen and oxygen atoms in total. The summed E-state index contributed by atoms with van der Waals surface area (Å²) in [6.45, 7) is 2.61. The molecule has 1 unspecified atom stereocenters. The molecule has 1 aliphatic heterocycles. The first-order chi connectivity index (χ1) is 13.6. The summed E-state index contributed by atoms with van der Waals surface area (Å²) in [7, 11) is 0. The van der Waals surface area contributed by atoms with Gasteiger partial charge in [0, 0.05) is 19.2 Å². The van der Waals surface area contributed by atoms with Gasteiger partial charge in [0.25, 0.3) is 5.91 Å². The van der Waals surface area contributed by atoms with E-state index in [2.05, 4.69) is 15.1 Å². The van der Waals surface area contributed by atoms with Crippen molar-refractivity contribution < 1.29 is 4.79 Å². The Morgan fingerprint density at radius 2 is 1.96 bits per heavy atom. The fraction of sp³-hybridized carbons (Fsp3) is 0.300. The van der Waals surface area contributed by atoms with E-state index in [0.717, 1.165) is 18.5 Å². The normalized spacial score (nSPS) is 16.5. The second kappa shape index (κ2) is 7.89. The second-order valence-corrected chi connectivity index (χ2v) is 7.41. The Balaban J connectivity index is 1.70. The Bertz CT molecular complexity index is 985. The minimum atomic E-state index is -0.204. The van der Waals surface area contributed by atoms with E-state index in [4.69, 9.17) is 23.2 Å². The number of amides is 1. The molecule has 1 saturated heterocycles. The Hall–Kier alpha value is -2.44. The van der Waals surface area contributed by atoms with Crippen LogP contribution in [0.1, 0.15) is 47.9 Å². The number of benzene rings is 1. The molecule has 1 aliphatic rings. The first-order valence-electron chi connectivity index (χ1n) is 9.22. The lowest BCUT2D eigenvalue weighted by Gasteiger charge is -2.22. The smallest absolute Gasteiger partial charge is 0.294 e. The van der Waals surface area contributed by atoms with E-state index >= 15 is 0 Å². The molecular formula is C20H19Cl2N5O. The number of carbonyl (C=O) groups excluding carboxylic acids is 1. The quantitative estimate of drug-likeness (QED) is 0.628. The number of hydrogen-bond donors (Lipinski definition) is 0. The van der Waals surface area contributed by atoms with Crippen molar-refractivity contribution in [3.63, 3.8) is 0 Å². The number of aryl methyl sites for hydroxylation is 1. The van der Waals surface area contributed by atoms with Gasteiger partial charge in [-0.25, -0.2) is 9.67 Å². The van der Waals surface area contributed by atoms with Crippen molar-refractivity contribution in [1.82, 2.24) is 24.6 Å². The molecule has 0 N–H and O–H groups in total. The van der Waals surface area contributed by atoms with Crippen LogP contribution < -0.4 is 0 Å². The molecule has 4 rings (SSSR count). The highest BCUT2D eigenvalue weighted by Crippen LogP contribution is 2.32. The average Bonchev–Trinajstić information content (AvgIpc) is 3.35. The van der Waals surface area contributed by atoms with Gasteiger partial charge >= 0.3 is 0 Å². The van der Waals surface area contributed by atoms with Crippen LogP contribution in [-0.2, 0) is 6.42 Å². The Morgan fingerprint density at radius 1 is 1.18 bits per heavy atom. The van der Waals surface area contributed by atoms with Gasteiger partial charge in [-0.05, 0) is 37.1 Å².